The minimum atomic E-state index is -1.11. The molecule has 0 aliphatic carbocycles. The van der Waals surface area contributed by atoms with Crippen molar-refractivity contribution in [2.24, 2.45) is 11.1 Å². The summed E-state index contributed by atoms with van der Waals surface area (Å²) in [5.41, 5.74) is 12.6. The van der Waals surface area contributed by atoms with E-state index < -0.39 is 47.6 Å². The molecule has 0 radical (unpaired) electrons. The molecule has 0 unspecified atom stereocenters. The van der Waals surface area contributed by atoms with Crippen LogP contribution in [-0.4, -0.2) is 54.7 Å². The summed E-state index contributed by atoms with van der Waals surface area (Å²) in [6, 6.07) is 12.8. The third kappa shape index (κ3) is 12.7. The number of anilines is 1. The van der Waals surface area contributed by atoms with Crippen LogP contribution in [0, 0.1) is 5.92 Å². The van der Waals surface area contributed by atoms with E-state index >= 15 is 0 Å². The third-order valence-corrected chi connectivity index (χ3v) is 6.04. The molecule has 3 atom stereocenters. The number of rotatable bonds is 14. The zero-order valence-corrected chi connectivity index (χ0v) is 25.4. The number of nitrogens with zero attached hydrogens (tertiary/aromatic N) is 3. The van der Waals surface area contributed by atoms with Gasteiger partial charge in [-0.25, -0.2) is 15.0 Å². The fraction of sp³-hybridized carbons (Fsp3) is 0.467. The van der Waals surface area contributed by atoms with Crippen LogP contribution in [0.1, 0.15) is 52.2 Å². The summed E-state index contributed by atoms with van der Waals surface area (Å²) in [5, 5.41) is 11.5. The standard InChI is InChI=1S/C30H41N7O6/c1-19(2)16-25(28(40)42-6)34-26(38)23(17-21-12-14-22(15-13-21)32-29(41)43-30(3,4)5)33-27(39)24(35-37-36-31)18-20-10-8-7-9-11-20/h7-15,19,23-25,35H,16-18H2,1-6H3,(H,32,41)(H,33,39)(H,34,38)/t23-,24-,25-/m0/s1. The molecule has 0 aliphatic rings. The van der Waals surface area contributed by atoms with E-state index in [1.807, 2.05) is 44.2 Å². The van der Waals surface area contributed by atoms with Crippen LogP contribution in [0.5, 0.6) is 0 Å². The molecule has 13 heteroatoms. The number of carbonyl (C=O) groups excluding carboxylic acids is 4. The maximum Gasteiger partial charge on any atom is 0.412 e. The van der Waals surface area contributed by atoms with Crippen LogP contribution >= 0.6 is 0 Å². The Morgan fingerprint density at radius 3 is 1.98 bits per heavy atom. The number of esters is 1. The Balaban J connectivity index is 2.30. The molecule has 2 aromatic carbocycles. The molecule has 0 spiro atoms. The summed E-state index contributed by atoms with van der Waals surface area (Å²) in [6.07, 6.45) is -0.0392. The number of amides is 3. The predicted molar refractivity (Wildman–Crippen MR) is 162 cm³/mol. The van der Waals surface area contributed by atoms with Crippen molar-refractivity contribution in [1.82, 2.24) is 16.1 Å². The lowest BCUT2D eigenvalue weighted by Crippen LogP contribution is -2.56. The Labute approximate surface area is 251 Å². The number of carbonyl (C=O) groups is 4. The molecule has 0 aliphatic heterocycles. The maximum atomic E-state index is 13.5. The van der Waals surface area contributed by atoms with Crippen LogP contribution in [0.4, 0.5) is 10.5 Å². The van der Waals surface area contributed by atoms with Gasteiger partial charge in [0.2, 0.25) is 5.91 Å². The molecular formula is C30H41N7O6. The van der Waals surface area contributed by atoms with Gasteiger partial charge >= 0.3 is 12.1 Å². The number of hydrogen-bond acceptors (Lipinski definition) is 7. The highest BCUT2D eigenvalue weighted by Gasteiger charge is 2.31. The molecule has 0 fully saturated rings. The van der Waals surface area contributed by atoms with Crippen molar-refractivity contribution < 1.29 is 28.7 Å². The zero-order valence-electron chi connectivity index (χ0n) is 25.4. The van der Waals surface area contributed by atoms with Gasteiger partial charge < -0.3 is 20.1 Å². The Morgan fingerprint density at radius 2 is 1.42 bits per heavy atom. The average Bonchev–Trinajstić information content (AvgIpc) is 2.94. The van der Waals surface area contributed by atoms with Gasteiger partial charge in [0.05, 0.1) is 7.11 Å². The summed E-state index contributed by atoms with van der Waals surface area (Å²) in [6.45, 7) is 9.09. The van der Waals surface area contributed by atoms with Crippen LogP contribution in [-0.2, 0) is 36.7 Å². The first-order chi connectivity index (χ1) is 20.3. The fourth-order valence-corrected chi connectivity index (χ4v) is 4.11. The van der Waals surface area contributed by atoms with Crippen LogP contribution in [0.2, 0.25) is 0 Å². The lowest BCUT2D eigenvalue weighted by molar-refractivity contribution is -0.145. The summed E-state index contributed by atoms with van der Waals surface area (Å²) in [7, 11) is 1.24. The Bertz CT molecular complexity index is 1270. The molecule has 0 saturated heterocycles. The van der Waals surface area contributed by atoms with Gasteiger partial charge in [-0.3, -0.25) is 14.9 Å². The molecule has 0 aromatic heterocycles. The monoisotopic (exact) mass is 595 g/mol. The molecule has 2 rings (SSSR count). The van der Waals surface area contributed by atoms with Crippen molar-refractivity contribution in [3.63, 3.8) is 0 Å². The van der Waals surface area contributed by atoms with Crippen LogP contribution < -0.4 is 21.4 Å². The first-order valence-corrected chi connectivity index (χ1v) is 13.9. The van der Waals surface area contributed by atoms with Gasteiger partial charge in [0.1, 0.15) is 17.7 Å². The lowest BCUT2D eigenvalue weighted by Gasteiger charge is -2.24. The van der Waals surface area contributed by atoms with Crippen molar-refractivity contribution in [2.75, 3.05) is 12.4 Å². The van der Waals surface area contributed by atoms with Crippen LogP contribution in [0.15, 0.2) is 59.8 Å². The van der Waals surface area contributed by atoms with Crippen molar-refractivity contribution in [2.45, 2.75) is 77.6 Å². The van der Waals surface area contributed by atoms with Gasteiger partial charge in [0.25, 0.3) is 5.91 Å². The van der Waals surface area contributed by atoms with Crippen molar-refractivity contribution in [3.8, 4) is 0 Å². The van der Waals surface area contributed by atoms with Crippen molar-refractivity contribution in [3.05, 3.63) is 76.2 Å². The van der Waals surface area contributed by atoms with Gasteiger partial charge in [-0.15, -0.1) is 5.53 Å². The molecule has 13 nitrogen and oxygen atoms in total. The van der Waals surface area contributed by atoms with E-state index in [9.17, 15) is 19.2 Å². The second-order valence-electron chi connectivity index (χ2n) is 11.4. The highest BCUT2D eigenvalue weighted by Crippen LogP contribution is 2.15. The SMILES string of the molecule is COC(=O)[C@H](CC(C)C)NC(=O)[C@H](Cc1ccc(NC(=O)OC(C)(C)C)cc1)NC(=O)[C@H](Cc1ccccc1)NN=[N+]=[N-]. The number of hydrogen-bond donors (Lipinski definition) is 4. The van der Waals surface area contributed by atoms with Crippen LogP contribution in [0.25, 0.3) is 10.4 Å². The van der Waals surface area contributed by atoms with E-state index in [1.54, 1.807) is 45.0 Å². The fourth-order valence-electron chi connectivity index (χ4n) is 4.11. The second kappa shape index (κ2) is 16.6. The van der Waals surface area contributed by atoms with E-state index in [1.165, 1.54) is 7.11 Å². The number of benzene rings is 2. The first kappa shape index (κ1) is 34.4. The molecule has 232 valence electrons. The molecule has 3 amide bonds. The van der Waals surface area contributed by atoms with E-state index in [-0.39, 0.29) is 18.8 Å². The Kier molecular flexibility index (Phi) is 13.3. The number of azide groups is 1. The second-order valence-corrected chi connectivity index (χ2v) is 11.4. The summed E-state index contributed by atoms with van der Waals surface area (Å²) in [4.78, 5) is 54.2. The van der Waals surface area contributed by atoms with E-state index in [0.717, 1.165) is 5.56 Å². The minimum Gasteiger partial charge on any atom is -0.467 e. The van der Waals surface area contributed by atoms with E-state index in [4.69, 9.17) is 15.0 Å². The molecule has 4 N–H and O–H groups in total. The molecular weight excluding hydrogens is 554 g/mol. The molecule has 0 bridgehead atoms. The van der Waals surface area contributed by atoms with Crippen molar-refractivity contribution in [1.29, 1.82) is 0 Å². The quantitative estimate of drug-likeness (QED) is 0.0829. The first-order valence-electron chi connectivity index (χ1n) is 13.9. The summed E-state index contributed by atoms with van der Waals surface area (Å²) in [5.74, 6) is -1.71. The largest absolute Gasteiger partial charge is 0.467 e. The minimum absolute atomic E-state index is 0.0550. The number of methoxy groups -OCH3 is 1. The van der Waals surface area contributed by atoms with E-state index in [0.29, 0.717) is 17.7 Å². The van der Waals surface area contributed by atoms with Gasteiger partial charge in [0, 0.05) is 18.5 Å². The Morgan fingerprint density at radius 1 is 0.860 bits per heavy atom. The lowest BCUT2D eigenvalue weighted by atomic mass is 10.0. The smallest absolute Gasteiger partial charge is 0.412 e. The Hall–Kier alpha value is -4.77. The topological polar surface area (TPSA) is 184 Å². The molecule has 0 heterocycles. The van der Waals surface area contributed by atoms with Crippen LogP contribution in [0.3, 0.4) is 0 Å². The zero-order chi connectivity index (χ0) is 32.0. The molecule has 2 aromatic rings. The molecule has 43 heavy (non-hydrogen) atoms. The predicted octanol–water partition coefficient (Wildman–Crippen LogP) is 4.19. The van der Waals surface area contributed by atoms with Gasteiger partial charge in [-0.2, -0.15) is 4.91 Å². The average molecular weight is 596 g/mol. The highest BCUT2D eigenvalue weighted by molar-refractivity contribution is 5.92. The highest BCUT2D eigenvalue weighted by atomic mass is 16.6. The van der Waals surface area contributed by atoms with Gasteiger partial charge in [-0.05, 0) is 61.6 Å². The summed E-state index contributed by atoms with van der Waals surface area (Å²) < 4.78 is 10.1. The maximum absolute atomic E-state index is 13.5. The normalized spacial score (nSPS) is 13.0. The van der Waals surface area contributed by atoms with Gasteiger partial charge in [-0.1, -0.05) is 56.3 Å². The number of nitrogens with one attached hydrogen (secondary N) is 4. The van der Waals surface area contributed by atoms with Crippen molar-refractivity contribution >= 4 is 29.6 Å². The van der Waals surface area contributed by atoms with E-state index in [2.05, 4.69) is 31.5 Å². The summed E-state index contributed by atoms with van der Waals surface area (Å²) >= 11 is 0. The number of ether oxygens (including phenoxy) is 2. The third-order valence-electron chi connectivity index (χ3n) is 6.04. The van der Waals surface area contributed by atoms with Gasteiger partial charge in [0.15, 0.2) is 6.04 Å². The molecule has 0 saturated carbocycles.